The van der Waals surface area contributed by atoms with Crippen molar-refractivity contribution in [1.29, 1.82) is 0 Å². The van der Waals surface area contributed by atoms with Crippen molar-refractivity contribution in [2.24, 2.45) is 10.9 Å². The van der Waals surface area contributed by atoms with Crippen LogP contribution in [0.4, 0.5) is 0 Å². The summed E-state index contributed by atoms with van der Waals surface area (Å²) in [7, 11) is 0. The SMILES string of the molecule is CCC1OCCC1CNC1=NCCS1. The third-order valence-corrected chi connectivity index (χ3v) is 3.78. The van der Waals surface area contributed by atoms with E-state index < -0.39 is 0 Å². The van der Waals surface area contributed by atoms with E-state index in [0.29, 0.717) is 12.0 Å². The lowest BCUT2D eigenvalue weighted by Crippen LogP contribution is -2.30. The maximum atomic E-state index is 5.64. The molecule has 2 aliphatic rings. The second-order valence-corrected chi connectivity index (χ2v) is 4.87. The molecule has 80 valence electrons. The number of nitrogens with one attached hydrogen (secondary N) is 1. The number of thioether (sulfide) groups is 1. The van der Waals surface area contributed by atoms with E-state index in [9.17, 15) is 0 Å². The van der Waals surface area contributed by atoms with Crippen LogP contribution in [0.25, 0.3) is 0 Å². The van der Waals surface area contributed by atoms with Crippen LogP contribution in [0.3, 0.4) is 0 Å². The van der Waals surface area contributed by atoms with E-state index in [1.165, 1.54) is 6.42 Å². The Hall–Kier alpha value is -0.220. The van der Waals surface area contributed by atoms with Crippen LogP contribution >= 0.6 is 11.8 Å². The van der Waals surface area contributed by atoms with E-state index in [-0.39, 0.29) is 0 Å². The Labute approximate surface area is 89.7 Å². The topological polar surface area (TPSA) is 33.6 Å². The Morgan fingerprint density at radius 1 is 1.64 bits per heavy atom. The lowest BCUT2D eigenvalue weighted by Gasteiger charge is -2.17. The molecular weight excluding hydrogens is 196 g/mol. The number of rotatable bonds is 3. The van der Waals surface area contributed by atoms with Gasteiger partial charge < -0.3 is 10.1 Å². The lowest BCUT2D eigenvalue weighted by molar-refractivity contribution is 0.0883. The van der Waals surface area contributed by atoms with E-state index in [1.807, 2.05) is 11.8 Å². The highest BCUT2D eigenvalue weighted by molar-refractivity contribution is 8.14. The average Bonchev–Trinajstić information content (AvgIpc) is 2.85. The largest absolute Gasteiger partial charge is 0.378 e. The molecule has 1 N–H and O–H groups in total. The summed E-state index contributed by atoms with van der Waals surface area (Å²) in [6.45, 7) is 5.14. The van der Waals surface area contributed by atoms with Crippen LogP contribution in [0, 0.1) is 5.92 Å². The first-order chi connectivity index (χ1) is 6.90. The van der Waals surface area contributed by atoms with Gasteiger partial charge >= 0.3 is 0 Å². The van der Waals surface area contributed by atoms with Crippen LogP contribution in [0.15, 0.2) is 4.99 Å². The zero-order chi connectivity index (χ0) is 9.80. The van der Waals surface area contributed by atoms with Gasteiger partial charge in [-0.2, -0.15) is 0 Å². The first-order valence-electron chi connectivity index (χ1n) is 5.43. The summed E-state index contributed by atoms with van der Waals surface area (Å²) in [6, 6.07) is 0. The molecule has 0 spiro atoms. The van der Waals surface area contributed by atoms with Crippen LogP contribution in [-0.2, 0) is 4.74 Å². The van der Waals surface area contributed by atoms with Crippen molar-refractivity contribution in [3.63, 3.8) is 0 Å². The van der Waals surface area contributed by atoms with Gasteiger partial charge in [-0.05, 0) is 12.8 Å². The van der Waals surface area contributed by atoms with E-state index in [2.05, 4.69) is 17.2 Å². The van der Waals surface area contributed by atoms with Gasteiger partial charge in [-0.15, -0.1) is 0 Å². The average molecular weight is 214 g/mol. The number of hydrogen-bond acceptors (Lipinski definition) is 4. The molecule has 0 radical (unpaired) electrons. The molecule has 1 saturated heterocycles. The molecule has 0 amide bonds. The second-order valence-electron chi connectivity index (χ2n) is 3.78. The maximum absolute atomic E-state index is 5.64. The van der Waals surface area contributed by atoms with Gasteiger partial charge in [0.1, 0.15) is 0 Å². The van der Waals surface area contributed by atoms with E-state index in [1.54, 1.807) is 0 Å². The van der Waals surface area contributed by atoms with E-state index in [0.717, 1.165) is 37.0 Å². The summed E-state index contributed by atoms with van der Waals surface area (Å²) < 4.78 is 5.64. The van der Waals surface area contributed by atoms with Gasteiger partial charge in [-0.1, -0.05) is 18.7 Å². The predicted octanol–water partition coefficient (Wildman–Crippen LogP) is 1.49. The molecule has 0 aromatic heterocycles. The molecule has 0 aromatic carbocycles. The lowest BCUT2D eigenvalue weighted by atomic mass is 10.00. The predicted molar refractivity (Wildman–Crippen MR) is 60.9 cm³/mol. The van der Waals surface area contributed by atoms with E-state index >= 15 is 0 Å². The Morgan fingerprint density at radius 3 is 3.29 bits per heavy atom. The summed E-state index contributed by atoms with van der Waals surface area (Å²) in [6.07, 6.45) is 2.80. The molecule has 2 heterocycles. The first-order valence-corrected chi connectivity index (χ1v) is 6.41. The monoisotopic (exact) mass is 214 g/mol. The minimum absolute atomic E-state index is 0.467. The zero-order valence-electron chi connectivity index (χ0n) is 8.66. The number of hydrogen-bond donors (Lipinski definition) is 1. The first kappa shape index (κ1) is 10.3. The molecule has 1 fully saturated rings. The van der Waals surface area contributed by atoms with Crippen LogP contribution < -0.4 is 5.32 Å². The minimum atomic E-state index is 0.467. The molecule has 0 bridgehead atoms. The van der Waals surface area contributed by atoms with Crippen molar-refractivity contribution in [2.75, 3.05) is 25.4 Å². The summed E-state index contributed by atoms with van der Waals surface area (Å²) in [4.78, 5) is 4.38. The maximum Gasteiger partial charge on any atom is 0.156 e. The van der Waals surface area contributed by atoms with E-state index in [4.69, 9.17) is 4.74 Å². The quantitative estimate of drug-likeness (QED) is 0.773. The highest BCUT2D eigenvalue weighted by atomic mass is 32.2. The summed E-state index contributed by atoms with van der Waals surface area (Å²) in [5.74, 6) is 1.82. The van der Waals surface area contributed by atoms with Crippen LogP contribution in [0.5, 0.6) is 0 Å². The Balaban J connectivity index is 1.74. The molecule has 2 aliphatic heterocycles. The highest BCUT2D eigenvalue weighted by Crippen LogP contribution is 2.23. The summed E-state index contributed by atoms with van der Waals surface area (Å²) in [5, 5.41) is 4.55. The van der Waals surface area contributed by atoms with Gasteiger partial charge in [0.05, 0.1) is 12.6 Å². The molecular formula is C10H18N2OS. The fraction of sp³-hybridized carbons (Fsp3) is 0.900. The third kappa shape index (κ3) is 2.42. The number of ether oxygens (including phenoxy) is 1. The fourth-order valence-electron chi connectivity index (χ4n) is 2.04. The Kier molecular flexibility index (Phi) is 3.70. The highest BCUT2D eigenvalue weighted by Gasteiger charge is 2.26. The van der Waals surface area contributed by atoms with Gasteiger partial charge in [-0.3, -0.25) is 4.99 Å². The van der Waals surface area contributed by atoms with Crippen molar-refractivity contribution < 1.29 is 4.74 Å². The number of amidine groups is 1. The normalized spacial score (nSPS) is 31.9. The molecule has 3 nitrogen and oxygen atoms in total. The van der Waals surface area contributed by atoms with Crippen molar-refractivity contribution in [3.8, 4) is 0 Å². The number of nitrogens with zero attached hydrogens (tertiary/aromatic N) is 1. The van der Waals surface area contributed by atoms with Crippen LogP contribution in [0.2, 0.25) is 0 Å². The molecule has 4 heteroatoms. The Morgan fingerprint density at radius 2 is 2.57 bits per heavy atom. The Bertz CT molecular complexity index is 220. The number of aliphatic imine (C=N–C) groups is 1. The standard InChI is InChI=1S/C10H18N2OS/c1-2-9-8(3-5-13-9)7-12-10-11-4-6-14-10/h8-9H,2-7H2,1H3,(H,11,12). The van der Waals surface area contributed by atoms with Crippen molar-refractivity contribution in [2.45, 2.75) is 25.9 Å². The summed E-state index contributed by atoms with van der Waals surface area (Å²) >= 11 is 1.83. The summed E-state index contributed by atoms with van der Waals surface area (Å²) in [5.41, 5.74) is 0. The zero-order valence-corrected chi connectivity index (χ0v) is 9.48. The fourth-order valence-corrected chi connectivity index (χ4v) is 2.78. The molecule has 2 unspecified atom stereocenters. The van der Waals surface area contributed by atoms with Gasteiger partial charge in [0.2, 0.25) is 0 Å². The van der Waals surface area contributed by atoms with Crippen molar-refractivity contribution >= 4 is 16.9 Å². The van der Waals surface area contributed by atoms with Crippen LogP contribution in [0.1, 0.15) is 19.8 Å². The van der Waals surface area contributed by atoms with Crippen molar-refractivity contribution in [3.05, 3.63) is 0 Å². The molecule has 0 saturated carbocycles. The third-order valence-electron chi connectivity index (χ3n) is 2.85. The van der Waals surface area contributed by atoms with Crippen LogP contribution in [-0.4, -0.2) is 36.7 Å². The smallest absolute Gasteiger partial charge is 0.156 e. The minimum Gasteiger partial charge on any atom is -0.378 e. The van der Waals surface area contributed by atoms with Gasteiger partial charge in [0.25, 0.3) is 0 Å². The van der Waals surface area contributed by atoms with Gasteiger partial charge in [-0.25, -0.2) is 0 Å². The molecule has 14 heavy (non-hydrogen) atoms. The molecule has 2 atom stereocenters. The molecule has 2 rings (SSSR count). The molecule has 0 aromatic rings. The van der Waals surface area contributed by atoms with Gasteiger partial charge in [0, 0.05) is 24.8 Å². The van der Waals surface area contributed by atoms with Gasteiger partial charge in [0.15, 0.2) is 5.17 Å². The second kappa shape index (κ2) is 5.03. The molecule has 0 aliphatic carbocycles. The van der Waals surface area contributed by atoms with Crippen molar-refractivity contribution in [1.82, 2.24) is 5.32 Å².